The number of nitrogens with zero attached hydrogens (tertiary/aromatic N) is 2. The zero-order valence-corrected chi connectivity index (χ0v) is 13.1. The SMILES string of the molecule is CCCCCCOc1ccccc1Cc1cnc(N)nc1N. The van der Waals surface area contributed by atoms with E-state index in [4.69, 9.17) is 16.2 Å². The highest BCUT2D eigenvalue weighted by molar-refractivity contribution is 5.46. The number of rotatable bonds is 8. The Morgan fingerprint density at radius 2 is 1.86 bits per heavy atom. The van der Waals surface area contributed by atoms with E-state index in [0.717, 1.165) is 29.9 Å². The summed E-state index contributed by atoms with van der Waals surface area (Å²) in [5.41, 5.74) is 13.4. The number of hydrogen-bond acceptors (Lipinski definition) is 5. The fourth-order valence-electron chi connectivity index (χ4n) is 2.28. The van der Waals surface area contributed by atoms with Crippen molar-refractivity contribution in [3.63, 3.8) is 0 Å². The molecule has 1 aromatic carbocycles. The quantitative estimate of drug-likeness (QED) is 0.731. The first-order valence-electron chi connectivity index (χ1n) is 7.78. The smallest absolute Gasteiger partial charge is 0.221 e. The van der Waals surface area contributed by atoms with E-state index in [9.17, 15) is 0 Å². The van der Waals surface area contributed by atoms with E-state index < -0.39 is 0 Å². The monoisotopic (exact) mass is 300 g/mol. The predicted octanol–water partition coefficient (Wildman–Crippen LogP) is 3.19. The largest absolute Gasteiger partial charge is 0.493 e. The molecule has 0 radical (unpaired) electrons. The third-order valence-corrected chi connectivity index (χ3v) is 3.53. The minimum Gasteiger partial charge on any atom is -0.493 e. The summed E-state index contributed by atoms with van der Waals surface area (Å²) in [5, 5.41) is 0. The predicted molar refractivity (Wildman–Crippen MR) is 89.7 cm³/mol. The molecule has 22 heavy (non-hydrogen) atoms. The molecule has 0 aliphatic carbocycles. The van der Waals surface area contributed by atoms with Crippen molar-refractivity contribution in [1.29, 1.82) is 0 Å². The van der Waals surface area contributed by atoms with Crippen LogP contribution in [0.15, 0.2) is 30.5 Å². The van der Waals surface area contributed by atoms with Crippen LogP contribution in [0.5, 0.6) is 5.75 Å². The van der Waals surface area contributed by atoms with Crippen molar-refractivity contribution in [3.8, 4) is 5.75 Å². The molecule has 5 nitrogen and oxygen atoms in total. The molecule has 0 fully saturated rings. The van der Waals surface area contributed by atoms with Gasteiger partial charge in [-0.25, -0.2) is 4.98 Å². The highest BCUT2D eigenvalue weighted by Crippen LogP contribution is 2.23. The van der Waals surface area contributed by atoms with Gasteiger partial charge >= 0.3 is 0 Å². The van der Waals surface area contributed by atoms with Crippen LogP contribution < -0.4 is 16.2 Å². The van der Waals surface area contributed by atoms with Gasteiger partial charge in [-0.3, -0.25) is 0 Å². The van der Waals surface area contributed by atoms with Gasteiger partial charge in [-0.15, -0.1) is 0 Å². The summed E-state index contributed by atoms with van der Waals surface area (Å²) in [6.07, 6.45) is 7.08. The van der Waals surface area contributed by atoms with Gasteiger partial charge in [-0.1, -0.05) is 44.4 Å². The number of nitrogens with two attached hydrogens (primary N) is 2. The van der Waals surface area contributed by atoms with Crippen molar-refractivity contribution < 1.29 is 4.74 Å². The lowest BCUT2D eigenvalue weighted by atomic mass is 10.1. The standard InChI is InChI=1S/C17H24N4O/c1-2-3-4-7-10-22-15-9-6-5-8-13(15)11-14-12-20-17(19)21-16(14)18/h5-6,8-9,12H,2-4,7,10-11H2,1H3,(H4,18,19,20,21). The normalized spacial score (nSPS) is 10.6. The molecule has 118 valence electrons. The molecule has 4 N–H and O–H groups in total. The maximum Gasteiger partial charge on any atom is 0.221 e. The molecule has 0 bridgehead atoms. The van der Waals surface area contributed by atoms with Gasteiger partial charge < -0.3 is 16.2 Å². The minimum absolute atomic E-state index is 0.196. The van der Waals surface area contributed by atoms with E-state index in [1.807, 2.05) is 24.3 Å². The van der Waals surface area contributed by atoms with Crippen LogP contribution in [0.3, 0.4) is 0 Å². The maximum atomic E-state index is 5.91. The number of benzene rings is 1. The molecule has 5 heteroatoms. The summed E-state index contributed by atoms with van der Waals surface area (Å²) in [5.74, 6) is 1.52. The van der Waals surface area contributed by atoms with Crippen LogP contribution in [0.25, 0.3) is 0 Å². The highest BCUT2D eigenvalue weighted by Gasteiger charge is 2.08. The second-order valence-electron chi connectivity index (χ2n) is 5.33. The summed E-state index contributed by atoms with van der Waals surface area (Å²) >= 11 is 0. The molecule has 0 aliphatic rings. The second kappa shape index (κ2) is 8.22. The Hall–Kier alpha value is -2.30. The Bertz CT molecular complexity index is 601. The number of para-hydroxylation sites is 1. The summed E-state index contributed by atoms with van der Waals surface area (Å²) in [6.45, 7) is 2.94. The molecule has 0 saturated carbocycles. The third-order valence-electron chi connectivity index (χ3n) is 3.53. The van der Waals surface area contributed by atoms with Gasteiger partial charge in [0.15, 0.2) is 0 Å². The summed E-state index contributed by atoms with van der Waals surface area (Å²) in [6, 6.07) is 8.00. The van der Waals surface area contributed by atoms with Crippen molar-refractivity contribution in [2.45, 2.75) is 39.0 Å². The molecule has 0 unspecified atom stereocenters. The number of unbranched alkanes of at least 4 members (excludes halogenated alkanes) is 3. The fraction of sp³-hybridized carbons (Fsp3) is 0.412. The van der Waals surface area contributed by atoms with Gasteiger partial charge in [0, 0.05) is 18.2 Å². The van der Waals surface area contributed by atoms with Gasteiger partial charge in [-0.2, -0.15) is 4.98 Å². The van der Waals surface area contributed by atoms with Crippen molar-refractivity contribution in [2.24, 2.45) is 0 Å². The van der Waals surface area contributed by atoms with Crippen molar-refractivity contribution in [2.75, 3.05) is 18.1 Å². The Morgan fingerprint density at radius 3 is 2.64 bits per heavy atom. The van der Waals surface area contributed by atoms with Crippen LogP contribution in [0.1, 0.15) is 43.7 Å². The van der Waals surface area contributed by atoms with E-state index in [0.29, 0.717) is 12.2 Å². The Morgan fingerprint density at radius 1 is 1.05 bits per heavy atom. The van der Waals surface area contributed by atoms with Gasteiger partial charge in [0.2, 0.25) is 5.95 Å². The van der Waals surface area contributed by atoms with Crippen LogP contribution in [-0.2, 0) is 6.42 Å². The minimum atomic E-state index is 0.196. The summed E-state index contributed by atoms with van der Waals surface area (Å²) < 4.78 is 5.91. The van der Waals surface area contributed by atoms with Crippen LogP contribution in [0.2, 0.25) is 0 Å². The van der Waals surface area contributed by atoms with E-state index in [1.165, 1.54) is 19.3 Å². The molecule has 0 aliphatic heterocycles. The first-order valence-corrected chi connectivity index (χ1v) is 7.78. The maximum absolute atomic E-state index is 5.91. The average molecular weight is 300 g/mol. The van der Waals surface area contributed by atoms with Crippen molar-refractivity contribution in [1.82, 2.24) is 9.97 Å². The van der Waals surface area contributed by atoms with Crippen LogP contribution in [0, 0.1) is 0 Å². The van der Waals surface area contributed by atoms with E-state index in [-0.39, 0.29) is 5.95 Å². The molecule has 1 heterocycles. The van der Waals surface area contributed by atoms with Crippen molar-refractivity contribution >= 4 is 11.8 Å². The lowest BCUT2D eigenvalue weighted by molar-refractivity contribution is 0.302. The number of hydrogen-bond donors (Lipinski definition) is 2. The molecule has 0 saturated heterocycles. The van der Waals surface area contributed by atoms with Gasteiger partial charge in [0.1, 0.15) is 11.6 Å². The topological polar surface area (TPSA) is 87.0 Å². The van der Waals surface area contributed by atoms with E-state index >= 15 is 0 Å². The zero-order valence-electron chi connectivity index (χ0n) is 13.1. The lowest BCUT2D eigenvalue weighted by Crippen LogP contribution is -2.05. The van der Waals surface area contributed by atoms with Gasteiger partial charge in [0.05, 0.1) is 6.61 Å². The van der Waals surface area contributed by atoms with E-state index in [2.05, 4.69) is 16.9 Å². The molecule has 0 atom stereocenters. The second-order valence-corrected chi connectivity index (χ2v) is 5.33. The first-order chi connectivity index (χ1) is 10.7. The number of nitrogen functional groups attached to an aromatic ring is 2. The first kappa shape index (κ1) is 16.1. The highest BCUT2D eigenvalue weighted by atomic mass is 16.5. The number of aromatic nitrogens is 2. The van der Waals surface area contributed by atoms with E-state index in [1.54, 1.807) is 6.20 Å². The van der Waals surface area contributed by atoms with Crippen LogP contribution >= 0.6 is 0 Å². The molecular weight excluding hydrogens is 276 g/mol. The lowest BCUT2D eigenvalue weighted by Gasteiger charge is -2.12. The number of ether oxygens (including phenoxy) is 1. The summed E-state index contributed by atoms with van der Waals surface area (Å²) in [4.78, 5) is 8.01. The Labute approximate surface area is 131 Å². The van der Waals surface area contributed by atoms with Crippen LogP contribution in [-0.4, -0.2) is 16.6 Å². The Kier molecular flexibility index (Phi) is 6.01. The Balaban J connectivity index is 2.01. The average Bonchev–Trinajstić information content (AvgIpc) is 2.51. The van der Waals surface area contributed by atoms with Crippen LogP contribution in [0.4, 0.5) is 11.8 Å². The zero-order chi connectivity index (χ0) is 15.8. The fourth-order valence-corrected chi connectivity index (χ4v) is 2.28. The molecule has 0 spiro atoms. The third kappa shape index (κ3) is 4.62. The molecule has 2 rings (SSSR count). The molecule has 2 aromatic rings. The molecule has 0 amide bonds. The summed E-state index contributed by atoms with van der Waals surface area (Å²) in [7, 11) is 0. The number of anilines is 2. The van der Waals surface area contributed by atoms with Crippen molar-refractivity contribution in [3.05, 3.63) is 41.6 Å². The molecular formula is C17H24N4O. The molecule has 1 aromatic heterocycles. The van der Waals surface area contributed by atoms with Gasteiger partial charge in [0.25, 0.3) is 0 Å². The van der Waals surface area contributed by atoms with Gasteiger partial charge in [-0.05, 0) is 18.1 Å².